The largest absolute Gasteiger partial charge is 0.305 e. The number of rotatable bonds is 4. The maximum absolute atomic E-state index is 12.2. The molecule has 2 heterocycles. The molecule has 2 N–H and O–H groups in total. The highest BCUT2D eigenvalue weighted by atomic mass is 16.6. The summed E-state index contributed by atoms with van der Waals surface area (Å²) in [7, 11) is 0. The van der Waals surface area contributed by atoms with Crippen molar-refractivity contribution in [2.24, 2.45) is 0 Å². The van der Waals surface area contributed by atoms with Crippen LogP contribution in [0.5, 0.6) is 0 Å². The zero-order valence-electron chi connectivity index (χ0n) is 11.8. The Morgan fingerprint density at radius 2 is 1.91 bits per heavy atom. The van der Waals surface area contributed by atoms with E-state index in [0.717, 1.165) is 5.56 Å². The van der Waals surface area contributed by atoms with Crippen molar-refractivity contribution < 1.29 is 9.72 Å². The molecule has 3 rings (SSSR count). The smallest absolute Gasteiger partial charge is 0.282 e. The minimum Gasteiger partial charge on any atom is -0.305 e. The topological polar surface area (TPSA) is 114 Å². The molecule has 1 aromatic carbocycles. The molecule has 8 nitrogen and oxygen atoms in total. The van der Waals surface area contributed by atoms with Gasteiger partial charge < -0.3 is 5.32 Å². The first-order chi connectivity index (χ1) is 11.1. The van der Waals surface area contributed by atoms with Gasteiger partial charge in [0.2, 0.25) is 0 Å². The molecular weight excluding hydrogens is 298 g/mol. The zero-order chi connectivity index (χ0) is 16.2. The number of hydrogen-bond acceptors (Lipinski definition) is 5. The summed E-state index contributed by atoms with van der Waals surface area (Å²) in [6.07, 6.45) is 3.28. The lowest BCUT2D eigenvalue weighted by Crippen LogP contribution is -2.14. The van der Waals surface area contributed by atoms with E-state index in [1.807, 2.05) is 0 Å². The number of nitrogens with one attached hydrogen (secondary N) is 2. The number of hydrogen-bond donors (Lipinski definition) is 2. The molecule has 0 spiro atoms. The maximum Gasteiger partial charge on any atom is 0.282 e. The van der Waals surface area contributed by atoms with Crippen molar-refractivity contribution in [2.75, 3.05) is 5.32 Å². The number of H-pyrrole nitrogens is 1. The number of anilines is 1. The molecule has 0 aliphatic rings. The number of aromatic amines is 1. The standard InChI is InChI=1S/C15H11N5O3/c21-15(11-3-1-2-4-13(11)20(22)23)17-14-9-12(18-19-14)10-5-7-16-8-6-10/h1-9H,(H2,17,18,19,21). The molecule has 23 heavy (non-hydrogen) atoms. The van der Waals surface area contributed by atoms with Crippen LogP contribution in [-0.2, 0) is 0 Å². The summed E-state index contributed by atoms with van der Waals surface area (Å²) in [5.41, 5.74) is 1.28. The van der Waals surface area contributed by atoms with E-state index in [4.69, 9.17) is 0 Å². The molecule has 0 aliphatic carbocycles. The third-order valence-electron chi connectivity index (χ3n) is 3.16. The molecule has 2 aromatic heterocycles. The Hall–Kier alpha value is -3.55. The second-order valence-electron chi connectivity index (χ2n) is 4.63. The van der Waals surface area contributed by atoms with E-state index in [-0.39, 0.29) is 17.1 Å². The van der Waals surface area contributed by atoms with Gasteiger partial charge in [-0.15, -0.1) is 0 Å². The van der Waals surface area contributed by atoms with Crippen molar-refractivity contribution in [1.82, 2.24) is 15.2 Å². The molecular formula is C15H11N5O3. The summed E-state index contributed by atoms with van der Waals surface area (Å²) in [4.78, 5) is 26.5. The Kier molecular flexibility index (Phi) is 3.79. The molecule has 8 heteroatoms. The number of pyridine rings is 1. The Labute approximate surface area is 130 Å². The van der Waals surface area contributed by atoms with E-state index in [2.05, 4.69) is 20.5 Å². The Balaban J connectivity index is 1.82. The molecule has 3 aromatic rings. The highest BCUT2D eigenvalue weighted by Crippen LogP contribution is 2.21. The summed E-state index contributed by atoms with van der Waals surface area (Å²) >= 11 is 0. The molecule has 0 saturated heterocycles. The lowest BCUT2D eigenvalue weighted by molar-refractivity contribution is -0.385. The van der Waals surface area contributed by atoms with Crippen molar-refractivity contribution in [1.29, 1.82) is 0 Å². The number of nitro benzene ring substituents is 1. The van der Waals surface area contributed by atoms with E-state index in [9.17, 15) is 14.9 Å². The van der Waals surface area contributed by atoms with Gasteiger partial charge in [0.1, 0.15) is 5.56 Å². The van der Waals surface area contributed by atoms with Crippen LogP contribution in [0, 0.1) is 10.1 Å². The average Bonchev–Trinajstić information content (AvgIpc) is 3.04. The Morgan fingerprint density at radius 1 is 1.17 bits per heavy atom. The van der Waals surface area contributed by atoms with E-state index in [1.165, 1.54) is 18.2 Å². The van der Waals surface area contributed by atoms with Crippen LogP contribution >= 0.6 is 0 Å². The lowest BCUT2D eigenvalue weighted by atomic mass is 10.1. The number of amides is 1. The number of carbonyl (C=O) groups excluding carboxylic acids is 1. The highest BCUT2D eigenvalue weighted by molar-refractivity contribution is 6.06. The predicted octanol–water partition coefficient (Wildman–Crippen LogP) is 2.63. The number of nitro groups is 1. The fourth-order valence-electron chi connectivity index (χ4n) is 2.07. The second-order valence-corrected chi connectivity index (χ2v) is 4.63. The normalized spacial score (nSPS) is 10.3. The number of benzene rings is 1. The minimum absolute atomic E-state index is 0.0223. The zero-order valence-corrected chi connectivity index (χ0v) is 11.8. The fraction of sp³-hybridized carbons (Fsp3) is 0. The van der Waals surface area contributed by atoms with Crippen LogP contribution in [0.1, 0.15) is 10.4 Å². The third-order valence-corrected chi connectivity index (χ3v) is 3.16. The maximum atomic E-state index is 12.2. The first kappa shape index (κ1) is 14.4. The van der Waals surface area contributed by atoms with Crippen molar-refractivity contribution in [3.63, 3.8) is 0 Å². The van der Waals surface area contributed by atoms with Gasteiger partial charge in [0, 0.05) is 30.1 Å². The molecule has 0 aliphatic heterocycles. The fourth-order valence-corrected chi connectivity index (χ4v) is 2.07. The Morgan fingerprint density at radius 3 is 2.65 bits per heavy atom. The molecule has 0 radical (unpaired) electrons. The monoisotopic (exact) mass is 309 g/mol. The van der Waals surface area contributed by atoms with E-state index < -0.39 is 10.8 Å². The minimum atomic E-state index is -0.595. The molecule has 0 fully saturated rings. The molecule has 0 saturated carbocycles. The Bertz CT molecular complexity index is 860. The number of para-hydroxylation sites is 1. The summed E-state index contributed by atoms with van der Waals surface area (Å²) in [6.45, 7) is 0. The summed E-state index contributed by atoms with van der Waals surface area (Å²) in [5, 5.41) is 20.3. The van der Waals surface area contributed by atoms with Crippen LogP contribution in [0.2, 0.25) is 0 Å². The quantitative estimate of drug-likeness (QED) is 0.568. The van der Waals surface area contributed by atoms with Crippen LogP contribution in [0.15, 0.2) is 54.9 Å². The van der Waals surface area contributed by atoms with Crippen LogP contribution in [0.3, 0.4) is 0 Å². The van der Waals surface area contributed by atoms with Gasteiger partial charge in [-0.2, -0.15) is 5.10 Å². The van der Waals surface area contributed by atoms with Gasteiger partial charge in [-0.25, -0.2) is 0 Å². The van der Waals surface area contributed by atoms with Crippen LogP contribution < -0.4 is 5.32 Å². The van der Waals surface area contributed by atoms with Crippen LogP contribution in [0.25, 0.3) is 11.3 Å². The number of aromatic nitrogens is 3. The van der Waals surface area contributed by atoms with E-state index in [1.54, 1.807) is 36.7 Å². The molecule has 0 atom stereocenters. The van der Waals surface area contributed by atoms with Gasteiger partial charge >= 0.3 is 0 Å². The van der Waals surface area contributed by atoms with Crippen molar-refractivity contribution in [3.05, 3.63) is 70.5 Å². The van der Waals surface area contributed by atoms with Crippen LogP contribution in [0.4, 0.5) is 11.5 Å². The SMILES string of the molecule is O=C(Nc1cc(-c2ccncc2)[nH]n1)c1ccccc1[N+](=O)[O-]. The molecule has 1 amide bonds. The second kappa shape index (κ2) is 6.06. The highest BCUT2D eigenvalue weighted by Gasteiger charge is 2.19. The van der Waals surface area contributed by atoms with Crippen molar-refractivity contribution in [3.8, 4) is 11.3 Å². The summed E-state index contributed by atoms with van der Waals surface area (Å²) < 4.78 is 0. The third kappa shape index (κ3) is 3.05. The average molecular weight is 309 g/mol. The predicted molar refractivity (Wildman–Crippen MR) is 82.9 cm³/mol. The van der Waals surface area contributed by atoms with Gasteiger partial charge in [0.05, 0.1) is 10.6 Å². The molecule has 0 unspecified atom stereocenters. The number of carbonyl (C=O) groups is 1. The van der Waals surface area contributed by atoms with Gasteiger partial charge in [-0.05, 0) is 18.2 Å². The molecule has 114 valence electrons. The van der Waals surface area contributed by atoms with Crippen molar-refractivity contribution >= 4 is 17.4 Å². The van der Waals surface area contributed by atoms with Crippen LogP contribution in [-0.4, -0.2) is 26.0 Å². The van der Waals surface area contributed by atoms with Crippen molar-refractivity contribution in [2.45, 2.75) is 0 Å². The van der Waals surface area contributed by atoms with Gasteiger partial charge in [0.15, 0.2) is 5.82 Å². The summed E-state index contributed by atoms with van der Waals surface area (Å²) in [6, 6.07) is 11.0. The first-order valence-electron chi connectivity index (χ1n) is 6.66. The van der Waals surface area contributed by atoms with Gasteiger partial charge in [-0.1, -0.05) is 12.1 Å². The summed E-state index contributed by atoms with van der Waals surface area (Å²) in [5.74, 6) is -0.315. The lowest BCUT2D eigenvalue weighted by Gasteiger charge is -2.02. The van der Waals surface area contributed by atoms with Gasteiger partial charge in [0.25, 0.3) is 11.6 Å². The van der Waals surface area contributed by atoms with Gasteiger partial charge in [-0.3, -0.25) is 25.0 Å². The van der Waals surface area contributed by atoms with E-state index >= 15 is 0 Å². The first-order valence-corrected chi connectivity index (χ1v) is 6.66. The van der Waals surface area contributed by atoms with E-state index in [0.29, 0.717) is 5.69 Å². The number of nitrogens with zero attached hydrogens (tertiary/aromatic N) is 3. The molecule has 0 bridgehead atoms.